The number of halogens is 1. The van der Waals surface area contributed by atoms with Gasteiger partial charge in [-0.3, -0.25) is 9.29 Å². The number of phenols is 1. The first kappa shape index (κ1) is 28.6. The van der Waals surface area contributed by atoms with E-state index in [0.29, 0.717) is 12.2 Å². The van der Waals surface area contributed by atoms with Crippen LogP contribution in [-0.2, 0) is 6.42 Å². The van der Waals surface area contributed by atoms with Crippen molar-refractivity contribution in [2.75, 3.05) is 38.2 Å². The summed E-state index contributed by atoms with van der Waals surface area (Å²) in [6.07, 6.45) is 4.66. The van der Waals surface area contributed by atoms with Crippen LogP contribution >= 0.6 is 0 Å². The molecule has 2 heterocycles. The minimum atomic E-state index is -0.266. The van der Waals surface area contributed by atoms with Gasteiger partial charge in [-0.2, -0.15) is 0 Å². The number of allylic oxidation sites excluding steroid dienone is 1. The van der Waals surface area contributed by atoms with Gasteiger partial charge in [0.25, 0.3) is 0 Å². The zero-order valence-electron chi connectivity index (χ0n) is 25.1. The lowest BCUT2D eigenvalue weighted by Crippen LogP contribution is -2.41. The highest BCUT2D eigenvalue weighted by Gasteiger charge is 2.31. The van der Waals surface area contributed by atoms with E-state index in [1.54, 1.807) is 6.07 Å². The molecule has 0 amide bonds. The van der Waals surface area contributed by atoms with Crippen molar-refractivity contribution < 1.29 is 19.0 Å². The predicted octanol–water partition coefficient (Wildman–Crippen LogP) is 7.72. The van der Waals surface area contributed by atoms with Gasteiger partial charge in [0.15, 0.2) is 0 Å². The van der Waals surface area contributed by atoms with Gasteiger partial charge in [-0.1, -0.05) is 45.0 Å². The number of hydrogen-bond donors (Lipinski definition) is 2. The molecule has 3 aliphatic rings. The van der Waals surface area contributed by atoms with Crippen LogP contribution in [-0.4, -0.2) is 55.1 Å². The summed E-state index contributed by atoms with van der Waals surface area (Å²) < 4.78 is 25.3. The van der Waals surface area contributed by atoms with Gasteiger partial charge < -0.3 is 19.9 Å². The second-order valence-electron chi connectivity index (χ2n) is 13.0. The zero-order valence-corrected chi connectivity index (χ0v) is 25.1. The van der Waals surface area contributed by atoms with Crippen molar-refractivity contribution >= 4 is 16.8 Å². The molecule has 6 rings (SSSR count). The number of likely N-dealkylation sites (tertiary alicyclic amines) is 1. The molecule has 1 aliphatic carbocycles. The number of hydrogen-bond acceptors (Lipinski definition) is 5. The van der Waals surface area contributed by atoms with E-state index in [0.717, 1.165) is 74.6 Å². The van der Waals surface area contributed by atoms with Gasteiger partial charge in [0, 0.05) is 25.0 Å². The number of benzene rings is 3. The Morgan fingerprint density at radius 2 is 1.83 bits per heavy atom. The van der Waals surface area contributed by atoms with E-state index in [1.807, 2.05) is 6.07 Å². The van der Waals surface area contributed by atoms with Crippen LogP contribution < -0.4 is 14.8 Å². The summed E-state index contributed by atoms with van der Waals surface area (Å²) in [6.45, 7) is 9.75. The number of nitrogens with zero attached hydrogens (tertiary/aromatic N) is 1. The number of anilines is 1. The Morgan fingerprint density at radius 1 is 1.02 bits per heavy atom. The third-order valence-corrected chi connectivity index (χ3v) is 8.86. The number of aromatic hydroxyl groups is 1. The molecule has 1 fully saturated rings. The Morgan fingerprint density at radius 3 is 2.62 bits per heavy atom. The standard InChI is InChI=1S/C36H43FN2O3/c1-36(2,3)34-22-38-32-21-26(10-15-33(32)42-34)30-7-4-6-25-20-27(40)11-14-31(25)35(30)24-8-12-28(13-9-24)41-29-16-19-39(23-29)18-5-17-37/h8-15,20-21,29,34,38,40H,4-7,16-19,22-23H2,1-3H3/t29-,34?/m0/s1. The summed E-state index contributed by atoms with van der Waals surface area (Å²) in [5.74, 6) is 2.07. The Balaban J connectivity index is 1.33. The molecule has 0 bridgehead atoms. The third-order valence-electron chi connectivity index (χ3n) is 8.86. The second kappa shape index (κ2) is 12.0. The first-order valence-corrected chi connectivity index (χ1v) is 15.4. The van der Waals surface area contributed by atoms with E-state index >= 15 is 0 Å². The number of rotatable bonds is 7. The summed E-state index contributed by atoms with van der Waals surface area (Å²) in [4.78, 5) is 2.29. The van der Waals surface area contributed by atoms with Crippen molar-refractivity contribution in [3.8, 4) is 17.2 Å². The quantitative estimate of drug-likeness (QED) is 0.305. The molecule has 3 aromatic carbocycles. The maximum atomic E-state index is 12.6. The van der Waals surface area contributed by atoms with Gasteiger partial charge >= 0.3 is 0 Å². The summed E-state index contributed by atoms with van der Waals surface area (Å²) in [6, 6.07) is 20.8. The maximum absolute atomic E-state index is 12.6. The zero-order chi connectivity index (χ0) is 29.3. The van der Waals surface area contributed by atoms with Crippen LogP contribution in [0.5, 0.6) is 17.2 Å². The SMILES string of the molecule is CC(C)(C)C1CNc2cc(C3=C(c4ccc(O[C@H]5CCN(CCCF)C5)cc4)c4ccc(O)cc4CCC3)ccc2O1. The summed E-state index contributed by atoms with van der Waals surface area (Å²) in [7, 11) is 0. The van der Waals surface area contributed by atoms with Gasteiger partial charge in [0.05, 0.1) is 18.9 Å². The van der Waals surface area contributed by atoms with Crippen LogP contribution in [0, 0.1) is 5.41 Å². The molecule has 5 nitrogen and oxygen atoms in total. The normalized spacial score (nSPS) is 20.8. The highest BCUT2D eigenvalue weighted by Crippen LogP contribution is 2.43. The van der Waals surface area contributed by atoms with E-state index in [4.69, 9.17) is 9.47 Å². The van der Waals surface area contributed by atoms with Gasteiger partial charge in [-0.25, -0.2) is 0 Å². The molecule has 2 aliphatic heterocycles. The van der Waals surface area contributed by atoms with Crippen molar-refractivity contribution in [2.24, 2.45) is 5.41 Å². The molecule has 3 aromatic rings. The molecule has 0 aromatic heterocycles. The van der Waals surface area contributed by atoms with Crippen molar-refractivity contribution in [2.45, 2.75) is 65.1 Å². The highest BCUT2D eigenvalue weighted by molar-refractivity contribution is 6.00. The van der Waals surface area contributed by atoms with Crippen molar-refractivity contribution in [3.63, 3.8) is 0 Å². The molecular weight excluding hydrogens is 527 g/mol. The topological polar surface area (TPSA) is 54.0 Å². The molecule has 6 heteroatoms. The molecule has 222 valence electrons. The third kappa shape index (κ3) is 6.14. The fraction of sp³-hybridized carbons (Fsp3) is 0.444. The Bertz CT molecular complexity index is 1440. The molecule has 42 heavy (non-hydrogen) atoms. The van der Waals surface area contributed by atoms with Crippen molar-refractivity contribution in [1.29, 1.82) is 0 Å². The van der Waals surface area contributed by atoms with E-state index in [-0.39, 0.29) is 24.3 Å². The first-order valence-electron chi connectivity index (χ1n) is 15.4. The molecule has 1 saturated heterocycles. The largest absolute Gasteiger partial charge is 0.508 e. The van der Waals surface area contributed by atoms with Gasteiger partial charge in [0.1, 0.15) is 29.5 Å². The number of aryl methyl sites for hydroxylation is 1. The molecule has 0 radical (unpaired) electrons. The lowest BCUT2D eigenvalue weighted by atomic mass is 9.86. The monoisotopic (exact) mass is 570 g/mol. The van der Waals surface area contributed by atoms with Crippen molar-refractivity contribution in [1.82, 2.24) is 4.90 Å². The van der Waals surface area contributed by atoms with Crippen LogP contribution in [0.15, 0.2) is 60.7 Å². The number of fused-ring (bicyclic) bond motifs is 2. The molecule has 2 N–H and O–H groups in total. The number of ether oxygens (including phenoxy) is 2. The minimum Gasteiger partial charge on any atom is -0.508 e. The molecule has 1 unspecified atom stereocenters. The molecule has 0 saturated carbocycles. The van der Waals surface area contributed by atoms with Crippen LogP contribution in [0.3, 0.4) is 0 Å². The van der Waals surface area contributed by atoms with Crippen LogP contribution in [0.2, 0.25) is 0 Å². The molecule has 2 atom stereocenters. The van der Waals surface area contributed by atoms with Crippen molar-refractivity contribution in [3.05, 3.63) is 82.9 Å². The van der Waals surface area contributed by atoms with E-state index in [9.17, 15) is 9.50 Å². The lowest BCUT2D eigenvalue weighted by Gasteiger charge is -2.36. The minimum absolute atomic E-state index is 0.0535. The average molecular weight is 571 g/mol. The van der Waals surface area contributed by atoms with Crippen LogP contribution in [0.4, 0.5) is 10.1 Å². The summed E-state index contributed by atoms with van der Waals surface area (Å²) in [5, 5.41) is 13.9. The van der Waals surface area contributed by atoms with Crippen LogP contribution in [0.1, 0.15) is 68.7 Å². The Kier molecular flexibility index (Phi) is 8.17. The lowest BCUT2D eigenvalue weighted by molar-refractivity contribution is 0.0922. The fourth-order valence-corrected chi connectivity index (χ4v) is 6.50. The number of nitrogens with one attached hydrogen (secondary N) is 1. The van der Waals surface area contributed by atoms with E-state index in [1.165, 1.54) is 27.8 Å². The van der Waals surface area contributed by atoms with E-state index in [2.05, 4.69) is 79.5 Å². The maximum Gasteiger partial charge on any atom is 0.142 e. The number of alkyl halides is 1. The number of phenolic OH excluding ortho intramolecular Hbond substituents is 1. The summed E-state index contributed by atoms with van der Waals surface area (Å²) >= 11 is 0. The second-order valence-corrected chi connectivity index (χ2v) is 13.0. The molecule has 0 spiro atoms. The summed E-state index contributed by atoms with van der Waals surface area (Å²) in [5.41, 5.74) is 8.27. The first-order chi connectivity index (χ1) is 20.3. The van der Waals surface area contributed by atoms with Gasteiger partial charge in [0.2, 0.25) is 0 Å². The van der Waals surface area contributed by atoms with E-state index < -0.39 is 0 Å². The molecular formula is C36H43FN2O3. The Labute approximate surface area is 249 Å². The predicted molar refractivity (Wildman–Crippen MR) is 168 cm³/mol. The fourth-order valence-electron chi connectivity index (χ4n) is 6.50. The average Bonchev–Trinajstić information content (AvgIpc) is 3.34. The van der Waals surface area contributed by atoms with Crippen LogP contribution in [0.25, 0.3) is 11.1 Å². The smallest absolute Gasteiger partial charge is 0.142 e. The van der Waals surface area contributed by atoms with Gasteiger partial charge in [-0.05, 0) is 102 Å². The Hall–Kier alpha value is -3.51. The highest BCUT2D eigenvalue weighted by atomic mass is 19.1. The van der Waals surface area contributed by atoms with Gasteiger partial charge in [-0.15, -0.1) is 0 Å².